The Morgan fingerprint density at radius 1 is 1.26 bits per heavy atom. The molecule has 0 atom stereocenters. The highest BCUT2D eigenvalue weighted by Crippen LogP contribution is 2.24. The molecule has 19 heavy (non-hydrogen) atoms. The van der Waals surface area contributed by atoms with Gasteiger partial charge in [0.25, 0.3) is 0 Å². The van der Waals surface area contributed by atoms with Crippen molar-refractivity contribution in [3.05, 3.63) is 52.8 Å². The van der Waals surface area contributed by atoms with Crippen molar-refractivity contribution in [2.24, 2.45) is 5.73 Å². The molecule has 0 radical (unpaired) electrons. The molecule has 0 aliphatic carbocycles. The van der Waals surface area contributed by atoms with Crippen molar-refractivity contribution < 1.29 is 0 Å². The Morgan fingerprint density at radius 2 is 2.11 bits per heavy atom. The van der Waals surface area contributed by atoms with E-state index in [4.69, 9.17) is 18.0 Å². The molecular weight excluding hydrogens is 324 g/mol. The summed E-state index contributed by atoms with van der Waals surface area (Å²) in [5.41, 5.74) is 9.07. The Labute approximate surface area is 123 Å². The molecule has 0 amide bonds. The van der Waals surface area contributed by atoms with Gasteiger partial charge in [0.15, 0.2) is 5.65 Å². The highest BCUT2D eigenvalue weighted by Gasteiger charge is 2.11. The van der Waals surface area contributed by atoms with Gasteiger partial charge in [0, 0.05) is 10.0 Å². The number of hydrogen-bond donors (Lipinski definition) is 1. The van der Waals surface area contributed by atoms with Crippen LogP contribution in [0.15, 0.2) is 47.2 Å². The molecule has 0 fully saturated rings. The second-order valence-electron chi connectivity index (χ2n) is 4.00. The van der Waals surface area contributed by atoms with Crippen molar-refractivity contribution in [3.63, 3.8) is 0 Å². The van der Waals surface area contributed by atoms with Crippen molar-refractivity contribution in [3.8, 4) is 11.3 Å². The quantitative estimate of drug-likeness (QED) is 0.733. The molecule has 0 spiro atoms. The van der Waals surface area contributed by atoms with E-state index in [1.165, 1.54) is 6.33 Å². The lowest BCUT2D eigenvalue weighted by molar-refractivity contribution is 0.968. The maximum atomic E-state index is 5.69. The molecule has 0 unspecified atom stereocenters. The summed E-state index contributed by atoms with van der Waals surface area (Å²) < 4.78 is 2.76. The number of halogens is 1. The van der Waals surface area contributed by atoms with E-state index in [-0.39, 0.29) is 0 Å². The predicted octanol–water partition coefficient (Wildman–Crippen LogP) is 2.79. The van der Waals surface area contributed by atoms with Crippen molar-refractivity contribution in [1.82, 2.24) is 14.6 Å². The van der Waals surface area contributed by atoms with E-state index >= 15 is 0 Å². The zero-order chi connectivity index (χ0) is 13.4. The zero-order valence-corrected chi connectivity index (χ0v) is 12.1. The Hall–Kier alpha value is -1.79. The summed E-state index contributed by atoms with van der Waals surface area (Å²) in [6.45, 7) is 0. The number of benzene rings is 1. The van der Waals surface area contributed by atoms with Crippen LogP contribution < -0.4 is 5.73 Å². The van der Waals surface area contributed by atoms with Crippen LogP contribution in [0.25, 0.3) is 16.9 Å². The second kappa shape index (κ2) is 4.71. The summed E-state index contributed by atoms with van der Waals surface area (Å²) in [5, 5.41) is 4.24. The van der Waals surface area contributed by atoms with Crippen LogP contribution >= 0.6 is 28.1 Å². The average Bonchev–Trinajstić information content (AvgIpc) is 2.86. The third-order valence-electron chi connectivity index (χ3n) is 2.81. The summed E-state index contributed by atoms with van der Waals surface area (Å²) in [6, 6.07) is 11.8. The lowest BCUT2D eigenvalue weighted by atomic mass is 10.1. The summed E-state index contributed by atoms with van der Waals surface area (Å²) >= 11 is 8.49. The average molecular weight is 333 g/mol. The lowest BCUT2D eigenvalue weighted by Crippen LogP contribution is -2.12. The molecule has 0 saturated carbocycles. The number of pyridine rings is 1. The number of rotatable bonds is 2. The van der Waals surface area contributed by atoms with Crippen LogP contribution in [-0.2, 0) is 0 Å². The number of nitrogens with two attached hydrogens (primary N) is 1. The van der Waals surface area contributed by atoms with Gasteiger partial charge >= 0.3 is 0 Å². The van der Waals surface area contributed by atoms with Gasteiger partial charge in [-0.25, -0.2) is 9.50 Å². The Bertz CT molecular complexity index is 781. The van der Waals surface area contributed by atoms with Gasteiger partial charge in [-0.2, -0.15) is 5.10 Å². The van der Waals surface area contributed by atoms with Gasteiger partial charge in [0.2, 0.25) is 0 Å². The van der Waals surface area contributed by atoms with Crippen molar-refractivity contribution in [1.29, 1.82) is 0 Å². The first-order valence-corrected chi connectivity index (χ1v) is 6.75. The Balaban J connectivity index is 2.29. The van der Waals surface area contributed by atoms with Crippen molar-refractivity contribution in [2.75, 3.05) is 0 Å². The molecule has 2 N–H and O–H groups in total. The van der Waals surface area contributed by atoms with Crippen molar-refractivity contribution in [2.45, 2.75) is 0 Å². The zero-order valence-electron chi connectivity index (χ0n) is 9.75. The van der Waals surface area contributed by atoms with Gasteiger partial charge in [-0.3, -0.25) is 0 Å². The van der Waals surface area contributed by atoms with E-state index in [2.05, 4.69) is 26.0 Å². The van der Waals surface area contributed by atoms with Crippen LogP contribution in [0.1, 0.15) is 5.56 Å². The predicted molar refractivity (Wildman–Crippen MR) is 82.0 cm³/mol. The van der Waals surface area contributed by atoms with E-state index < -0.39 is 0 Å². The Morgan fingerprint density at radius 3 is 2.84 bits per heavy atom. The molecule has 2 aromatic heterocycles. The molecular formula is C13H9BrN4S. The maximum absolute atomic E-state index is 5.69. The summed E-state index contributed by atoms with van der Waals surface area (Å²) in [7, 11) is 0. The molecule has 2 heterocycles. The topological polar surface area (TPSA) is 56.2 Å². The Kier molecular flexibility index (Phi) is 3.04. The third kappa shape index (κ3) is 2.13. The fourth-order valence-electron chi connectivity index (χ4n) is 1.97. The molecule has 3 rings (SSSR count). The fraction of sp³-hybridized carbons (Fsp3) is 0. The largest absolute Gasteiger partial charge is 0.389 e. The summed E-state index contributed by atoms with van der Waals surface area (Å²) in [5.74, 6) is 0. The SMILES string of the molecule is NC(=S)c1ccc(-c2cccc(Br)c2)n2ncnc12. The first kappa shape index (κ1) is 12.3. The van der Waals surface area contributed by atoms with Crippen LogP contribution in [0.3, 0.4) is 0 Å². The van der Waals surface area contributed by atoms with Crippen LogP contribution in [0.2, 0.25) is 0 Å². The molecule has 94 valence electrons. The van der Waals surface area contributed by atoms with E-state index in [0.717, 1.165) is 21.3 Å². The molecule has 0 aliphatic heterocycles. The minimum Gasteiger partial charge on any atom is -0.389 e. The van der Waals surface area contributed by atoms with Gasteiger partial charge in [0.1, 0.15) is 11.3 Å². The van der Waals surface area contributed by atoms with Crippen LogP contribution in [0.4, 0.5) is 0 Å². The fourth-order valence-corrected chi connectivity index (χ4v) is 2.53. The monoisotopic (exact) mass is 332 g/mol. The van der Waals surface area contributed by atoms with Crippen LogP contribution in [0, 0.1) is 0 Å². The normalized spacial score (nSPS) is 10.8. The third-order valence-corrected chi connectivity index (χ3v) is 3.52. The van der Waals surface area contributed by atoms with Crippen molar-refractivity contribution >= 4 is 38.8 Å². The lowest BCUT2D eigenvalue weighted by Gasteiger charge is -2.07. The van der Waals surface area contributed by atoms with E-state index in [1.54, 1.807) is 4.52 Å². The summed E-state index contributed by atoms with van der Waals surface area (Å²) in [6.07, 6.45) is 1.50. The molecule has 1 aromatic carbocycles. The van der Waals surface area contributed by atoms with Gasteiger partial charge in [0.05, 0.1) is 11.3 Å². The molecule has 0 bridgehead atoms. The number of hydrogen-bond acceptors (Lipinski definition) is 3. The van der Waals surface area contributed by atoms with Gasteiger partial charge in [-0.05, 0) is 24.3 Å². The van der Waals surface area contributed by atoms with E-state index in [1.807, 2.05) is 36.4 Å². The van der Waals surface area contributed by atoms with E-state index in [9.17, 15) is 0 Å². The minimum atomic E-state index is 0.318. The number of thiocarbonyl (C=S) groups is 1. The van der Waals surface area contributed by atoms with Crippen LogP contribution in [-0.4, -0.2) is 19.6 Å². The molecule has 4 nitrogen and oxygen atoms in total. The van der Waals surface area contributed by atoms with Gasteiger partial charge < -0.3 is 5.73 Å². The highest BCUT2D eigenvalue weighted by molar-refractivity contribution is 9.10. The van der Waals surface area contributed by atoms with E-state index in [0.29, 0.717) is 10.6 Å². The number of aromatic nitrogens is 3. The number of nitrogens with zero attached hydrogens (tertiary/aromatic N) is 3. The molecule has 6 heteroatoms. The maximum Gasteiger partial charge on any atom is 0.166 e. The first-order chi connectivity index (χ1) is 9.16. The first-order valence-electron chi connectivity index (χ1n) is 5.55. The van der Waals surface area contributed by atoms with Gasteiger partial charge in [-0.15, -0.1) is 0 Å². The molecule has 3 aromatic rings. The molecule has 0 saturated heterocycles. The highest BCUT2D eigenvalue weighted by atomic mass is 79.9. The minimum absolute atomic E-state index is 0.318. The van der Waals surface area contributed by atoms with Gasteiger partial charge in [-0.1, -0.05) is 40.3 Å². The molecule has 0 aliphatic rings. The second-order valence-corrected chi connectivity index (χ2v) is 5.36. The number of fused-ring (bicyclic) bond motifs is 1. The smallest absolute Gasteiger partial charge is 0.166 e. The van der Waals surface area contributed by atoms with Crippen LogP contribution in [0.5, 0.6) is 0 Å². The summed E-state index contributed by atoms with van der Waals surface area (Å²) in [4.78, 5) is 4.54. The standard InChI is InChI=1S/C13H9BrN4S/c14-9-3-1-2-8(6-9)11-5-4-10(12(15)19)13-16-7-17-18(11)13/h1-7H,(H2,15,19).